The molecule has 0 N–H and O–H groups in total. The first-order chi connectivity index (χ1) is 7.58. The molecule has 0 aromatic carbocycles. The number of nitrogens with zero attached hydrogens (tertiary/aromatic N) is 1. The molecule has 78 valence electrons. The van der Waals surface area contributed by atoms with Crippen LogP contribution < -0.4 is 0 Å². The molecule has 0 aromatic heterocycles. The Kier molecular flexibility index (Phi) is 1.97. The fourth-order valence-corrected chi connectivity index (χ4v) is 3.02. The highest BCUT2D eigenvalue weighted by Crippen LogP contribution is 2.72. The van der Waals surface area contributed by atoms with Gasteiger partial charge in [-0.15, -0.1) is 0 Å². The van der Waals surface area contributed by atoms with E-state index in [1.54, 1.807) is 0 Å². The summed E-state index contributed by atoms with van der Waals surface area (Å²) in [5.74, 6) is 0. The first-order valence-corrected chi connectivity index (χ1v) is 5.99. The van der Waals surface area contributed by atoms with Crippen molar-refractivity contribution < 1.29 is 2.74 Å². The van der Waals surface area contributed by atoms with Gasteiger partial charge in [-0.2, -0.15) is 5.26 Å². The lowest BCUT2D eigenvalue weighted by molar-refractivity contribution is 0.269. The van der Waals surface area contributed by atoms with Gasteiger partial charge in [0.1, 0.15) is 0 Å². The van der Waals surface area contributed by atoms with E-state index >= 15 is 0 Å². The van der Waals surface area contributed by atoms with Crippen LogP contribution >= 0.6 is 0 Å². The molecular weight excluding hydrogens is 170 g/mol. The minimum Gasteiger partial charge on any atom is -0.198 e. The zero-order valence-corrected chi connectivity index (χ0v) is 9.10. The lowest BCUT2D eigenvalue weighted by atomic mass is 9.78. The Bertz CT molecular complexity index is 312. The summed E-state index contributed by atoms with van der Waals surface area (Å²) in [4.78, 5) is 0. The quantitative estimate of drug-likeness (QED) is 0.663. The molecular formula is C13H21N. The maximum Gasteiger partial charge on any atom is 0.0695 e. The highest BCUT2D eigenvalue weighted by atomic mass is 14.7. The fraction of sp³-hybridized carbons (Fsp3) is 0.923. The second kappa shape index (κ2) is 3.57. The summed E-state index contributed by atoms with van der Waals surface area (Å²) in [5, 5.41) is 9.45. The van der Waals surface area contributed by atoms with E-state index in [2.05, 4.69) is 13.0 Å². The average Bonchev–Trinajstić information content (AvgIpc) is 2.68. The highest BCUT2D eigenvalue weighted by Gasteiger charge is 2.66. The van der Waals surface area contributed by atoms with E-state index in [4.69, 9.17) is 2.74 Å². The molecule has 0 amide bonds. The van der Waals surface area contributed by atoms with Crippen LogP contribution in [-0.4, -0.2) is 0 Å². The molecule has 0 heterocycles. The van der Waals surface area contributed by atoms with Crippen LogP contribution in [0.2, 0.25) is 0 Å². The molecule has 1 nitrogen and oxygen atoms in total. The molecule has 0 saturated heterocycles. The van der Waals surface area contributed by atoms with Crippen LogP contribution in [0, 0.1) is 22.2 Å². The van der Waals surface area contributed by atoms with Crippen molar-refractivity contribution in [2.75, 3.05) is 0 Å². The van der Waals surface area contributed by atoms with Gasteiger partial charge in [0.2, 0.25) is 0 Å². The van der Waals surface area contributed by atoms with E-state index in [9.17, 15) is 5.26 Å². The van der Waals surface area contributed by atoms with Crippen LogP contribution in [0.1, 0.15) is 67.4 Å². The Morgan fingerprint density at radius 2 is 2.07 bits per heavy atom. The number of rotatable bonds is 3. The van der Waals surface area contributed by atoms with Crippen molar-refractivity contribution in [2.24, 2.45) is 10.8 Å². The van der Waals surface area contributed by atoms with Crippen molar-refractivity contribution in [3.8, 4) is 6.07 Å². The van der Waals surface area contributed by atoms with Gasteiger partial charge < -0.3 is 0 Å². The van der Waals surface area contributed by atoms with E-state index in [1.165, 1.54) is 6.42 Å². The molecule has 14 heavy (non-hydrogen) atoms. The molecule has 2 aliphatic carbocycles. The summed E-state index contributed by atoms with van der Waals surface area (Å²) < 4.78 is 16.4. The summed E-state index contributed by atoms with van der Waals surface area (Å²) in [6.07, 6.45) is 6.84. The van der Waals surface area contributed by atoms with Crippen LogP contribution in [0.15, 0.2) is 0 Å². The van der Waals surface area contributed by atoms with Gasteiger partial charge in [0.15, 0.2) is 0 Å². The van der Waals surface area contributed by atoms with Crippen LogP contribution in [0.5, 0.6) is 0 Å². The van der Waals surface area contributed by atoms with Gasteiger partial charge in [0.25, 0.3) is 0 Å². The molecule has 1 unspecified atom stereocenters. The smallest absolute Gasteiger partial charge is 0.0695 e. The van der Waals surface area contributed by atoms with Crippen molar-refractivity contribution >= 4 is 0 Å². The zero-order chi connectivity index (χ0) is 11.9. The average molecular weight is 193 g/mol. The fourth-order valence-electron chi connectivity index (χ4n) is 3.02. The maximum atomic E-state index is 9.45. The molecule has 2 rings (SSSR count). The summed E-state index contributed by atoms with van der Waals surface area (Å²) in [6.45, 7) is 2.11. The second-order valence-electron chi connectivity index (χ2n) is 4.89. The predicted octanol–water partition coefficient (Wildman–Crippen LogP) is 4.04. The summed E-state index contributed by atoms with van der Waals surface area (Å²) >= 11 is 0. The topological polar surface area (TPSA) is 23.8 Å². The molecule has 2 aliphatic rings. The van der Waals surface area contributed by atoms with Gasteiger partial charge in [-0.05, 0) is 31.1 Å². The molecule has 2 saturated carbocycles. The normalized spacial score (nSPS) is 39.7. The Morgan fingerprint density at radius 1 is 1.36 bits per heavy atom. The van der Waals surface area contributed by atoms with Gasteiger partial charge >= 0.3 is 0 Å². The maximum absolute atomic E-state index is 9.45. The SMILES string of the molecule is [2H]C1([2H])C(C#N)(CCCC)C12CCCCC2. The molecule has 1 atom stereocenters. The van der Waals surface area contributed by atoms with E-state index in [0.717, 1.165) is 44.9 Å². The molecule has 0 aromatic rings. The van der Waals surface area contributed by atoms with Crippen molar-refractivity contribution in [1.29, 1.82) is 5.26 Å². The molecule has 0 radical (unpaired) electrons. The molecule has 1 heteroatoms. The van der Waals surface area contributed by atoms with Crippen molar-refractivity contribution in [2.45, 2.75) is 64.7 Å². The van der Waals surface area contributed by atoms with Crippen LogP contribution in [0.3, 0.4) is 0 Å². The largest absolute Gasteiger partial charge is 0.198 e. The van der Waals surface area contributed by atoms with E-state index in [-0.39, 0.29) is 5.41 Å². The summed E-state index contributed by atoms with van der Waals surface area (Å²) in [6, 6.07) is 2.36. The third-order valence-electron chi connectivity index (χ3n) is 4.01. The minimum atomic E-state index is -1.23. The number of unbranched alkanes of at least 4 members (excludes halogenated alkanes) is 1. The monoisotopic (exact) mass is 193 g/mol. The Hall–Kier alpha value is -0.510. The van der Waals surface area contributed by atoms with Gasteiger partial charge in [0.05, 0.1) is 11.5 Å². The van der Waals surface area contributed by atoms with Gasteiger partial charge in [-0.25, -0.2) is 0 Å². The van der Waals surface area contributed by atoms with Gasteiger partial charge in [-0.1, -0.05) is 39.0 Å². The Morgan fingerprint density at radius 3 is 2.64 bits per heavy atom. The second-order valence-corrected chi connectivity index (χ2v) is 4.89. The van der Waals surface area contributed by atoms with Gasteiger partial charge in [0, 0.05) is 2.74 Å². The van der Waals surface area contributed by atoms with Crippen molar-refractivity contribution in [1.82, 2.24) is 0 Å². The van der Waals surface area contributed by atoms with Crippen LogP contribution in [-0.2, 0) is 0 Å². The van der Waals surface area contributed by atoms with E-state index in [0.29, 0.717) is 0 Å². The molecule has 2 fully saturated rings. The molecule has 1 spiro atoms. The van der Waals surface area contributed by atoms with Crippen LogP contribution in [0.25, 0.3) is 0 Å². The first kappa shape index (κ1) is 7.74. The third kappa shape index (κ3) is 1.36. The standard InChI is InChI=1S/C13H21N/c1-2-3-7-13(11-14)10-12(13)8-5-4-6-9-12/h2-10H2,1H3/i10D2. The zero-order valence-electron chi connectivity index (χ0n) is 11.1. The van der Waals surface area contributed by atoms with E-state index in [1.807, 2.05) is 0 Å². The van der Waals surface area contributed by atoms with Crippen molar-refractivity contribution in [3.05, 3.63) is 0 Å². The third-order valence-corrected chi connectivity index (χ3v) is 4.01. The summed E-state index contributed by atoms with van der Waals surface area (Å²) in [5.41, 5.74) is -0.946. The number of nitriles is 1. The highest BCUT2D eigenvalue weighted by molar-refractivity contribution is 5.24. The Balaban J connectivity index is 2.23. The lowest BCUT2D eigenvalue weighted by Gasteiger charge is -2.25. The van der Waals surface area contributed by atoms with Gasteiger partial charge in [-0.3, -0.25) is 0 Å². The Labute approximate surface area is 90.3 Å². The molecule has 0 bridgehead atoms. The predicted molar refractivity (Wildman–Crippen MR) is 57.7 cm³/mol. The number of hydrogen-bond donors (Lipinski definition) is 0. The molecule has 0 aliphatic heterocycles. The van der Waals surface area contributed by atoms with Crippen molar-refractivity contribution in [3.63, 3.8) is 0 Å². The lowest BCUT2D eigenvalue weighted by Crippen LogP contribution is -2.16. The first-order valence-electron chi connectivity index (χ1n) is 6.99. The van der Waals surface area contributed by atoms with E-state index < -0.39 is 11.8 Å². The summed E-state index contributed by atoms with van der Waals surface area (Å²) in [7, 11) is 0. The minimum absolute atomic E-state index is 0.290. The number of hydrogen-bond acceptors (Lipinski definition) is 1. The van der Waals surface area contributed by atoms with Crippen LogP contribution in [0.4, 0.5) is 0 Å².